The van der Waals surface area contributed by atoms with Crippen molar-refractivity contribution in [3.05, 3.63) is 0 Å². The molecule has 2 heteroatoms. The Hall–Kier alpha value is -0.0800. The Kier molecular flexibility index (Phi) is 5.04. The van der Waals surface area contributed by atoms with Gasteiger partial charge in [-0.05, 0) is 44.6 Å². The first-order valence-electron chi connectivity index (χ1n) is 9.32. The average Bonchev–Trinajstić information content (AvgIpc) is 2.50. The standard InChI is InChI=1S/C18H34N2/c1-2-13-20-15-18(11-7-4-8-12-18)19-14-17(20)16-9-5-3-6-10-16/h16-17,19H,2-15H2,1H3. The molecule has 0 bridgehead atoms. The lowest BCUT2D eigenvalue weighted by molar-refractivity contribution is 0.0211. The van der Waals surface area contributed by atoms with Gasteiger partial charge in [0.05, 0.1) is 0 Å². The first-order valence-corrected chi connectivity index (χ1v) is 9.32. The molecule has 0 radical (unpaired) electrons. The van der Waals surface area contributed by atoms with Crippen molar-refractivity contribution in [2.75, 3.05) is 19.6 Å². The van der Waals surface area contributed by atoms with Crippen molar-refractivity contribution in [3.8, 4) is 0 Å². The topological polar surface area (TPSA) is 15.3 Å². The van der Waals surface area contributed by atoms with E-state index >= 15 is 0 Å². The third kappa shape index (κ3) is 3.22. The molecule has 3 fully saturated rings. The molecule has 1 N–H and O–H groups in total. The molecular formula is C18H34N2. The van der Waals surface area contributed by atoms with Crippen LogP contribution >= 0.6 is 0 Å². The molecule has 1 spiro atoms. The Morgan fingerprint density at radius 2 is 1.70 bits per heavy atom. The van der Waals surface area contributed by atoms with Gasteiger partial charge in [0.1, 0.15) is 0 Å². The van der Waals surface area contributed by atoms with Crippen LogP contribution in [0.25, 0.3) is 0 Å². The highest BCUT2D eigenvalue weighted by Crippen LogP contribution is 2.36. The van der Waals surface area contributed by atoms with E-state index in [0.717, 1.165) is 12.0 Å². The summed E-state index contributed by atoms with van der Waals surface area (Å²) in [6.45, 7) is 6.28. The van der Waals surface area contributed by atoms with E-state index in [-0.39, 0.29) is 0 Å². The number of hydrogen-bond acceptors (Lipinski definition) is 2. The molecule has 1 unspecified atom stereocenters. The summed E-state index contributed by atoms with van der Waals surface area (Å²) in [5.41, 5.74) is 0.485. The molecule has 0 aromatic rings. The molecule has 3 rings (SSSR count). The predicted molar refractivity (Wildman–Crippen MR) is 86.0 cm³/mol. The molecule has 20 heavy (non-hydrogen) atoms. The summed E-state index contributed by atoms with van der Waals surface area (Å²) in [6.07, 6.45) is 15.9. The van der Waals surface area contributed by atoms with Crippen LogP contribution in [0.15, 0.2) is 0 Å². The number of rotatable bonds is 3. The minimum absolute atomic E-state index is 0.485. The van der Waals surface area contributed by atoms with Crippen LogP contribution in [0.3, 0.4) is 0 Å². The van der Waals surface area contributed by atoms with E-state index in [9.17, 15) is 0 Å². The molecule has 116 valence electrons. The van der Waals surface area contributed by atoms with E-state index in [0.29, 0.717) is 5.54 Å². The van der Waals surface area contributed by atoms with Crippen LogP contribution in [-0.2, 0) is 0 Å². The van der Waals surface area contributed by atoms with Crippen molar-refractivity contribution < 1.29 is 0 Å². The van der Waals surface area contributed by atoms with Crippen LogP contribution in [0, 0.1) is 5.92 Å². The summed E-state index contributed by atoms with van der Waals surface area (Å²) in [5.74, 6) is 0.976. The first-order chi connectivity index (χ1) is 9.83. The van der Waals surface area contributed by atoms with Crippen molar-refractivity contribution in [1.29, 1.82) is 0 Å². The molecule has 2 saturated carbocycles. The van der Waals surface area contributed by atoms with Gasteiger partial charge in [0.25, 0.3) is 0 Å². The summed E-state index contributed by atoms with van der Waals surface area (Å²) in [5, 5.41) is 4.03. The van der Waals surface area contributed by atoms with Crippen LogP contribution in [0.5, 0.6) is 0 Å². The highest BCUT2D eigenvalue weighted by atomic mass is 15.3. The third-order valence-corrected chi connectivity index (χ3v) is 6.18. The van der Waals surface area contributed by atoms with Gasteiger partial charge in [-0.25, -0.2) is 0 Å². The number of nitrogens with one attached hydrogen (secondary N) is 1. The van der Waals surface area contributed by atoms with E-state index in [1.165, 1.54) is 90.3 Å². The molecule has 1 atom stereocenters. The fourth-order valence-electron chi connectivity index (χ4n) is 5.09. The monoisotopic (exact) mass is 278 g/mol. The fraction of sp³-hybridized carbons (Fsp3) is 1.00. The summed E-state index contributed by atoms with van der Waals surface area (Å²) in [7, 11) is 0. The molecule has 3 aliphatic rings. The van der Waals surface area contributed by atoms with Crippen LogP contribution in [-0.4, -0.2) is 36.1 Å². The van der Waals surface area contributed by atoms with Gasteiger partial charge in [-0.15, -0.1) is 0 Å². The van der Waals surface area contributed by atoms with E-state index < -0.39 is 0 Å². The predicted octanol–water partition coefficient (Wildman–Crippen LogP) is 3.95. The third-order valence-electron chi connectivity index (χ3n) is 6.18. The highest BCUT2D eigenvalue weighted by molar-refractivity contribution is 5.01. The van der Waals surface area contributed by atoms with Gasteiger partial charge in [0.15, 0.2) is 0 Å². The Morgan fingerprint density at radius 1 is 1.00 bits per heavy atom. The minimum atomic E-state index is 0.485. The van der Waals surface area contributed by atoms with E-state index in [1.54, 1.807) is 0 Å². The van der Waals surface area contributed by atoms with Crippen molar-refractivity contribution in [3.63, 3.8) is 0 Å². The van der Waals surface area contributed by atoms with Crippen molar-refractivity contribution in [1.82, 2.24) is 10.2 Å². The molecular weight excluding hydrogens is 244 g/mol. The molecule has 2 nitrogen and oxygen atoms in total. The number of piperazine rings is 1. The van der Waals surface area contributed by atoms with Crippen LogP contribution < -0.4 is 5.32 Å². The van der Waals surface area contributed by atoms with Gasteiger partial charge in [0, 0.05) is 24.7 Å². The fourth-order valence-corrected chi connectivity index (χ4v) is 5.09. The Labute approximate surface area is 125 Å². The zero-order valence-electron chi connectivity index (χ0n) is 13.5. The zero-order chi connectivity index (χ0) is 13.8. The number of hydrogen-bond donors (Lipinski definition) is 1. The van der Waals surface area contributed by atoms with Crippen molar-refractivity contribution >= 4 is 0 Å². The van der Waals surface area contributed by atoms with Gasteiger partial charge in [0.2, 0.25) is 0 Å². The first kappa shape index (κ1) is 14.8. The second-order valence-electron chi connectivity index (χ2n) is 7.66. The van der Waals surface area contributed by atoms with Gasteiger partial charge in [-0.2, -0.15) is 0 Å². The normalized spacial score (nSPS) is 32.5. The van der Waals surface area contributed by atoms with Gasteiger partial charge < -0.3 is 5.32 Å². The Balaban J connectivity index is 1.66. The van der Waals surface area contributed by atoms with Gasteiger partial charge >= 0.3 is 0 Å². The smallest absolute Gasteiger partial charge is 0.0309 e. The lowest BCUT2D eigenvalue weighted by Gasteiger charge is -2.52. The highest BCUT2D eigenvalue weighted by Gasteiger charge is 2.41. The zero-order valence-corrected chi connectivity index (χ0v) is 13.5. The summed E-state index contributed by atoms with van der Waals surface area (Å²) < 4.78 is 0. The van der Waals surface area contributed by atoms with Gasteiger partial charge in [-0.1, -0.05) is 45.4 Å². The van der Waals surface area contributed by atoms with E-state index in [4.69, 9.17) is 0 Å². The van der Waals surface area contributed by atoms with Crippen LogP contribution in [0.2, 0.25) is 0 Å². The maximum atomic E-state index is 4.03. The maximum Gasteiger partial charge on any atom is 0.0309 e. The Bertz CT molecular complexity index is 290. The maximum absolute atomic E-state index is 4.03. The van der Waals surface area contributed by atoms with Gasteiger partial charge in [-0.3, -0.25) is 4.90 Å². The average molecular weight is 278 g/mol. The molecule has 0 aromatic carbocycles. The Morgan fingerprint density at radius 3 is 2.40 bits per heavy atom. The molecule has 0 aromatic heterocycles. The molecule has 2 aliphatic carbocycles. The summed E-state index contributed by atoms with van der Waals surface area (Å²) >= 11 is 0. The summed E-state index contributed by atoms with van der Waals surface area (Å²) in [4.78, 5) is 2.89. The minimum Gasteiger partial charge on any atom is -0.308 e. The largest absolute Gasteiger partial charge is 0.308 e. The van der Waals surface area contributed by atoms with E-state index in [1.807, 2.05) is 0 Å². The second kappa shape index (κ2) is 6.79. The lowest BCUT2D eigenvalue weighted by atomic mass is 9.76. The van der Waals surface area contributed by atoms with Crippen molar-refractivity contribution in [2.24, 2.45) is 5.92 Å². The summed E-state index contributed by atoms with van der Waals surface area (Å²) in [6, 6.07) is 0.836. The van der Waals surface area contributed by atoms with Crippen molar-refractivity contribution in [2.45, 2.75) is 89.1 Å². The molecule has 1 aliphatic heterocycles. The quantitative estimate of drug-likeness (QED) is 0.841. The number of nitrogens with zero attached hydrogens (tertiary/aromatic N) is 1. The lowest BCUT2D eigenvalue weighted by Crippen LogP contribution is -2.66. The van der Waals surface area contributed by atoms with Crippen LogP contribution in [0.1, 0.15) is 77.6 Å². The molecule has 0 amide bonds. The second-order valence-corrected chi connectivity index (χ2v) is 7.66. The SMILES string of the molecule is CCCN1CC2(CCCCC2)NCC1C1CCCCC1. The molecule has 1 heterocycles. The molecule has 1 saturated heterocycles. The van der Waals surface area contributed by atoms with E-state index in [2.05, 4.69) is 17.1 Å². The van der Waals surface area contributed by atoms with Crippen LogP contribution in [0.4, 0.5) is 0 Å².